The van der Waals surface area contributed by atoms with E-state index < -0.39 is 0 Å². The molecule has 0 spiro atoms. The third-order valence-corrected chi connectivity index (χ3v) is 5.48. The summed E-state index contributed by atoms with van der Waals surface area (Å²) in [7, 11) is 0. The van der Waals surface area contributed by atoms with Gasteiger partial charge in [-0.1, -0.05) is 31.0 Å². The van der Waals surface area contributed by atoms with E-state index in [0.717, 1.165) is 51.7 Å². The molecule has 5 heteroatoms. The fraction of sp³-hybridized carbons (Fsp3) is 0.632. The Kier molecular flexibility index (Phi) is 5.74. The lowest BCUT2D eigenvalue weighted by atomic mass is 9.99. The summed E-state index contributed by atoms with van der Waals surface area (Å²) in [6, 6.07) is 10.4. The molecule has 1 amide bonds. The van der Waals surface area contributed by atoms with Gasteiger partial charge in [0.15, 0.2) is 0 Å². The predicted octanol–water partition coefficient (Wildman–Crippen LogP) is 1.52. The SMILES string of the molecule is O=C(CNC1(CO)CCCC1)NCC1CCN(c2ccccc2)C1. The maximum atomic E-state index is 12.1. The molecule has 1 atom stereocenters. The van der Waals surface area contributed by atoms with Gasteiger partial charge in [0.25, 0.3) is 0 Å². The van der Waals surface area contributed by atoms with Crippen LogP contribution in [0.15, 0.2) is 30.3 Å². The Hall–Kier alpha value is -1.59. The highest BCUT2D eigenvalue weighted by Gasteiger charge is 2.33. The van der Waals surface area contributed by atoms with Gasteiger partial charge >= 0.3 is 0 Å². The zero-order valence-electron chi connectivity index (χ0n) is 14.3. The molecule has 1 heterocycles. The summed E-state index contributed by atoms with van der Waals surface area (Å²) in [5.41, 5.74) is 1.04. The van der Waals surface area contributed by atoms with E-state index in [9.17, 15) is 9.90 Å². The van der Waals surface area contributed by atoms with Gasteiger partial charge in [0.05, 0.1) is 13.2 Å². The van der Waals surface area contributed by atoms with Crippen LogP contribution >= 0.6 is 0 Å². The van der Waals surface area contributed by atoms with Gasteiger partial charge in [-0.05, 0) is 37.3 Å². The van der Waals surface area contributed by atoms with Gasteiger partial charge in [-0.25, -0.2) is 0 Å². The Bertz CT molecular complexity index is 529. The predicted molar refractivity (Wildman–Crippen MR) is 96.1 cm³/mol. The number of hydrogen-bond donors (Lipinski definition) is 3. The van der Waals surface area contributed by atoms with E-state index in [1.54, 1.807) is 0 Å². The van der Waals surface area contributed by atoms with E-state index >= 15 is 0 Å². The van der Waals surface area contributed by atoms with Crippen molar-refractivity contribution in [1.82, 2.24) is 10.6 Å². The summed E-state index contributed by atoms with van der Waals surface area (Å²) >= 11 is 0. The van der Waals surface area contributed by atoms with Gasteiger partial charge in [0.1, 0.15) is 0 Å². The molecule has 1 aliphatic heterocycles. The number of hydrogen-bond acceptors (Lipinski definition) is 4. The Labute approximate surface area is 144 Å². The van der Waals surface area contributed by atoms with Crippen LogP contribution in [0.2, 0.25) is 0 Å². The molecule has 3 rings (SSSR count). The standard InChI is InChI=1S/C19H29N3O2/c23-15-19(9-4-5-10-19)21-13-18(24)20-12-16-8-11-22(14-16)17-6-2-1-3-7-17/h1-3,6-7,16,21,23H,4-5,8-15H2,(H,20,24). The maximum Gasteiger partial charge on any atom is 0.233 e. The lowest BCUT2D eigenvalue weighted by Crippen LogP contribution is -2.50. The highest BCUT2D eigenvalue weighted by Crippen LogP contribution is 2.28. The number of aliphatic hydroxyl groups excluding tert-OH is 1. The second-order valence-corrected chi connectivity index (χ2v) is 7.24. The molecule has 24 heavy (non-hydrogen) atoms. The fourth-order valence-corrected chi connectivity index (χ4v) is 3.90. The number of rotatable bonds is 7. The Morgan fingerprint density at radius 1 is 1.25 bits per heavy atom. The van der Waals surface area contributed by atoms with Gasteiger partial charge in [0.2, 0.25) is 5.91 Å². The lowest BCUT2D eigenvalue weighted by Gasteiger charge is -2.27. The first-order valence-corrected chi connectivity index (χ1v) is 9.13. The van der Waals surface area contributed by atoms with Crippen molar-refractivity contribution >= 4 is 11.6 Å². The number of nitrogens with one attached hydrogen (secondary N) is 2. The van der Waals surface area contributed by atoms with E-state index in [0.29, 0.717) is 12.5 Å². The third-order valence-electron chi connectivity index (χ3n) is 5.48. The highest BCUT2D eigenvalue weighted by atomic mass is 16.3. The summed E-state index contributed by atoms with van der Waals surface area (Å²) in [4.78, 5) is 14.5. The van der Waals surface area contributed by atoms with Gasteiger partial charge in [0, 0.05) is 30.9 Å². The van der Waals surface area contributed by atoms with Crippen LogP contribution in [-0.4, -0.2) is 49.3 Å². The summed E-state index contributed by atoms with van der Waals surface area (Å²) in [6.45, 7) is 3.20. The number of anilines is 1. The Morgan fingerprint density at radius 2 is 2.00 bits per heavy atom. The van der Waals surface area contributed by atoms with Crippen LogP contribution in [0.5, 0.6) is 0 Å². The van der Waals surface area contributed by atoms with Crippen molar-refractivity contribution in [3.8, 4) is 0 Å². The number of para-hydroxylation sites is 1. The van der Waals surface area contributed by atoms with Gasteiger partial charge in [-0.3, -0.25) is 4.79 Å². The molecule has 132 valence electrons. The molecule has 1 saturated carbocycles. The fourth-order valence-electron chi connectivity index (χ4n) is 3.90. The maximum absolute atomic E-state index is 12.1. The molecule has 0 aromatic heterocycles. The molecule has 0 radical (unpaired) electrons. The minimum absolute atomic E-state index is 0.0351. The van der Waals surface area contributed by atoms with Crippen LogP contribution in [0.4, 0.5) is 5.69 Å². The first-order valence-electron chi connectivity index (χ1n) is 9.13. The van der Waals surface area contributed by atoms with Crippen molar-refractivity contribution in [2.45, 2.75) is 37.6 Å². The number of carbonyl (C=O) groups excluding carboxylic acids is 1. The summed E-state index contributed by atoms with van der Waals surface area (Å²) in [6.07, 6.45) is 5.30. The van der Waals surface area contributed by atoms with E-state index in [4.69, 9.17) is 0 Å². The molecule has 0 bridgehead atoms. The van der Waals surface area contributed by atoms with Crippen molar-refractivity contribution in [1.29, 1.82) is 0 Å². The number of nitrogens with zero attached hydrogens (tertiary/aromatic N) is 1. The minimum Gasteiger partial charge on any atom is -0.394 e. The summed E-state index contributed by atoms with van der Waals surface area (Å²) in [5, 5.41) is 15.9. The smallest absolute Gasteiger partial charge is 0.233 e. The molecule has 1 aromatic rings. The summed E-state index contributed by atoms with van der Waals surface area (Å²) < 4.78 is 0. The molecule has 2 fully saturated rings. The van der Waals surface area contributed by atoms with Crippen molar-refractivity contribution in [2.75, 3.05) is 37.7 Å². The van der Waals surface area contributed by atoms with Crippen LogP contribution in [-0.2, 0) is 4.79 Å². The Balaban J connectivity index is 1.38. The molecule has 3 N–H and O–H groups in total. The molecule has 1 unspecified atom stereocenters. The second kappa shape index (κ2) is 7.99. The molecular formula is C19H29N3O2. The number of carbonyl (C=O) groups is 1. The monoisotopic (exact) mass is 331 g/mol. The average molecular weight is 331 g/mol. The first kappa shape index (κ1) is 17.2. The largest absolute Gasteiger partial charge is 0.394 e. The molecule has 2 aliphatic rings. The van der Waals surface area contributed by atoms with E-state index in [-0.39, 0.29) is 18.1 Å². The topological polar surface area (TPSA) is 64.6 Å². The van der Waals surface area contributed by atoms with E-state index in [1.165, 1.54) is 5.69 Å². The third kappa shape index (κ3) is 4.28. The minimum atomic E-state index is -0.227. The molecule has 1 saturated heterocycles. The quantitative estimate of drug-likeness (QED) is 0.709. The van der Waals surface area contributed by atoms with Crippen molar-refractivity contribution in [3.05, 3.63) is 30.3 Å². The van der Waals surface area contributed by atoms with Crippen LogP contribution in [0.25, 0.3) is 0 Å². The van der Waals surface area contributed by atoms with Crippen LogP contribution in [0, 0.1) is 5.92 Å². The second-order valence-electron chi connectivity index (χ2n) is 7.24. The normalized spacial score (nSPS) is 22.7. The zero-order valence-corrected chi connectivity index (χ0v) is 14.3. The van der Waals surface area contributed by atoms with Crippen molar-refractivity contribution < 1.29 is 9.90 Å². The lowest BCUT2D eigenvalue weighted by molar-refractivity contribution is -0.120. The van der Waals surface area contributed by atoms with E-state index in [1.807, 2.05) is 6.07 Å². The average Bonchev–Trinajstić information content (AvgIpc) is 3.29. The molecule has 1 aliphatic carbocycles. The molecule has 5 nitrogen and oxygen atoms in total. The van der Waals surface area contributed by atoms with Crippen LogP contribution in [0.3, 0.4) is 0 Å². The van der Waals surface area contributed by atoms with Gasteiger partial charge in [-0.2, -0.15) is 0 Å². The van der Waals surface area contributed by atoms with E-state index in [2.05, 4.69) is 39.8 Å². The summed E-state index contributed by atoms with van der Waals surface area (Å²) in [5.74, 6) is 0.542. The van der Waals surface area contributed by atoms with Crippen LogP contribution in [0.1, 0.15) is 32.1 Å². The van der Waals surface area contributed by atoms with Crippen LogP contribution < -0.4 is 15.5 Å². The number of benzene rings is 1. The van der Waals surface area contributed by atoms with Gasteiger partial charge in [-0.15, -0.1) is 0 Å². The van der Waals surface area contributed by atoms with Gasteiger partial charge < -0.3 is 20.6 Å². The first-order chi connectivity index (χ1) is 11.7. The zero-order chi connectivity index (χ0) is 16.8. The highest BCUT2D eigenvalue weighted by molar-refractivity contribution is 5.78. The molecule has 1 aromatic carbocycles. The number of aliphatic hydroxyl groups is 1. The van der Waals surface area contributed by atoms with Crippen molar-refractivity contribution in [2.24, 2.45) is 5.92 Å². The number of amides is 1. The Morgan fingerprint density at radius 3 is 2.71 bits per heavy atom. The van der Waals surface area contributed by atoms with Crippen molar-refractivity contribution in [3.63, 3.8) is 0 Å². The molecular weight excluding hydrogens is 302 g/mol.